The van der Waals surface area contributed by atoms with Crippen LogP contribution < -0.4 is 9.80 Å². The third-order valence-electron chi connectivity index (χ3n) is 13.8. The van der Waals surface area contributed by atoms with Crippen molar-refractivity contribution in [3.8, 4) is 0 Å². The fourth-order valence-electron chi connectivity index (χ4n) is 10.1. The van der Waals surface area contributed by atoms with Gasteiger partial charge in [0, 0.05) is 134 Å². The molecular formula is C46H70N8O3. The van der Waals surface area contributed by atoms with Crippen molar-refractivity contribution < 1.29 is 14.4 Å². The summed E-state index contributed by atoms with van der Waals surface area (Å²) in [5.74, 6) is 0.713. The second kappa shape index (κ2) is 20.0. The highest BCUT2D eigenvalue weighted by molar-refractivity contribution is 5.94. The van der Waals surface area contributed by atoms with Gasteiger partial charge >= 0.3 is 0 Å². The number of Topliss-reactive ketones (excluding diaryl/α,β-unsaturated/α-hetero) is 1. The first-order valence-electron chi connectivity index (χ1n) is 22.4. The maximum atomic E-state index is 12.8. The summed E-state index contributed by atoms with van der Waals surface area (Å²) < 4.78 is 0. The van der Waals surface area contributed by atoms with Crippen molar-refractivity contribution in [2.24, 2.45) is 0 Å². The molecule has 8 rings (SSSR count). The van der Waals surface area contributed by atoms with E-state index in [1.165, 1.54) is 68.2 Å². The number of nitrogens with zero attached hydrogens (tertiary/aromatic N) is 8. The number of carbonyl (C=O) groups is 3. The Morgan fingerprint density at radius 2 is 0.965 bits per heavy atom. The fraction of sp³-hybridized carbons (Fsp3) is 0.674. The van der Waals surface area contributed by atoms with Gasteiger partial charge < -0.3 is 19.6 Å². The summed E-state index contributed by atoms with van der Waals surface area (Å²) in [4.78, 5) is 55.8. The molecule has 11 heteroatoms. The molecule has 2 aromatic rings. The van der Waals surface area contributed by atoms with Crippen LogP contribution in [-0.4, -0.2) is 177 Å². The maximum Gasteiger partial charge on any atom is 0.236 e. The van der Waals surface area contributed by atoms with Gasteiger partial charge in [0.25, 0.3) is 0 Å². The van der Waals surface area contributed by atoms with Crippen molar-refractivity contribution in [1.82, 2.24) is 29.4 Å². The zero-order chi connectivity index (χ0) is 39.7. The molecule has 0 bridgehead atoms. The molecular weight excluding hydrogens is 713 g/mol. The van der Waals surface area contributed by atoms with E-state index in [2.05, 4.69) is 71.2 Å². The molecule has 4 saturated heterocycles. The minimum Gasteiger partial charge on any atom is -0.369 e. The third-order valence-corrected chi connectivity index (χ3v) is 13.8. The first-order valence-corrected chi connectivity index (χ1v) is 22.4. The Morgan fingerprint density at radius 1 is 0.526 bits per heavy atom. The molecule has 2 saturated carbocycles. The summed E-state index contributed by atoms with van der Waals surface area (Å²) in [6.45, 7) is 22.5. The molecule has 6 aliphatic rings. The summed E-state index contributed by atoms with van der Waals surface area (Å²) >= 11 is 0. The van der Waals surface area contributed by atoms with Crippen LogP contribution in [0.1, 0.15) is 79.8 Å². The third kappa shape index (κ3) is 11.2. The van der Waals surface area contributed by atoms with E-state index >= 15 is 0 Å². The molecule has 0 atom stereocenters. The average molecular weight is 783 g/mol. The van der Waals surface area contributed by atoms with Gasteiger partial charge in [0.05, 0.1) is 13.1 Å². The van der Waals surface area contributed by atoms with E-state index in [1.807, 2.05) is 24.3 Å². The number of aryl methyl sites for hydroxylation is 2. The lowest BCUT2D eigenvalue weighted by molar-refractivity contribution is -0.135. The van der Waals surface area contributed by atoms with Crippen molar-refractivity contribution in [1.29, 1.82) is 0 Å². The Labute approximate surface area is 342 Å². The predicted molar refractivity (Wildman–Crippen MR) is 230 cm³/mol. The van der Waals surface area contributed by atoms with Crippen molar-refractivity contribution in [2.75, 3.05) is 128 Å². The summed E-state index contributed by atoms with van der Waals surface area (Å²) in [5, 5.41) is 0. The van der Waals surface area contributed by atoms with Gasteiger partial charge in [-0.2, -0.15) is 0 Å². The van der Waals surface area contributed by atoms with Gasteiger partial charge in [0.2, 0.25) is 11.8 Å². The Hall–Kier alpha value is -3.51. The number of hydrogen-bond donors (Lipinski definition) is 0. The molecule has 0 unspecified atom stereocenters. The van der Waals surface area contributed by atoms with Crippen LogP contribution in [-0.2, 0) is 9.59 Å². The summed E-state index contributed by atoms with van der Waals surface area (Å²) in [6.07, 6.45) is 10.9. The number of hydrogen-bond acceptors (Lipinski definition) is 9. The van der Waals surface area contributed by atoms with Crippen LogP contribution in [0.4, 0.5) is 11.4 Å². The van der Waals surface area contributed by atoms with Crippen molar-refractivity contribution in [2.45, 2.75) is 84.2 Å². The van der Waals surface area contributed by atoms with Crippen molar-refractivity contribution in [3.63, 3.8) is 0 Å². The zero-order valence-corrected chi connectivity index (χ0v) is 35.4. The number of amides is 2. The largest absolute Gasteiger partial charge is 0.369 e. The fourth-order valence-corrected chi connectivity index (χ4v) is 10.1. The summed E-state index contributed by atoms with van der Waals surface area (Å²) in [5.41, 5.74) is 5.93. The number of piperazine rings is 4. The lowest BCUT2D eigenvalue weighted by atomic mass is 10.1. The van der Waals surface area contributed by atoms with Crippen LogP contribution in [0.5, 0.6) is 0 Å². The minimum atomic E-state index is 0.101. The average Bonchev–Trinajstić information content (AvgIpc) is 3.99. The lowest BCUT2D eigenvalue weighted by Gasteiger charge is -2.40. The van der Waals surface area contributed by atoms with E-state index in [0.717, 1.165) is 128 Å². The normalized spacial score (nSPS) is 22.5. The highest BCUT2D eigenvalue weighted by Gasteiger charge is 2.31. The van der Waals surface area contributed by atoms with Crippen LogP contribution in [0, 0.1) is 13.8 Å². The van der Waals surface area contributed by atoms with E-state index in [4.69, 9.17) is 0 Å². The predicted octanol–water partition coefficient (Wildman–Crippen LogP) is 4.61. The molecule has 2 aliphatic carbocycles. The van der Waals surface area contributed by atoms with Gasteiger partial charge in [0.1, 0.15) is 0 Å². The van der Waals surface area contributed by atoms with Crippen LogP contribution in [0.3, 0.4) is 0 Å². The second-order valence-electron chi connectivity index (χ2n) is 17.6. The molecule has 57 heavy (non-hydrogen) atoms. The molecule has 4 heterocycles. The smallest absolute Gasteiger partial charge is 0.236 e. The molecule has 0 spiro atoms. The Bertz CT molecular complexity index is 1610. The lowest BCUT2D eigenvalue weighted by Crippen LogP contribution is -2.55. The second-order valence-corrected chi connectivity index (χ2v) is 17.6. The monoisotopic (exact) mass is 783 g/mol. The van der Waals surface area contributed by atoms with Gasteiger partial charge in [-0.15, -0.1) is 0 Å². The van der Waals surface area contributed by atoms with Gasteiger partial charge in [0.15, 0.2) is 5.78 Å². The van der Waals surface area contributed by atoms with E-state index in [1.54, 1.807) is 6.92 Å². The number of benzene rings is 2. The summed E-state index contributed by atoms with van der Waals surface area (Å²) in [7, 11) is 0. The summed E-state index contributed by atoms with van der Waals surface area (Å²) in [6, 6.07) is 16.1. The van der Waals surface area contributed by atoms with E-state index in [9.17, 15) is 14.4 Å². The quantitative estimate of drug-likeness (QED) is 0.340. The topological polar surface area (TPSA) is 77.1 Å². The number of anilines is 2. The molecule has 2 aromatic carbocycles. The Morgan fingerprint density at radius 3 is 1.40 bits per heavy atom. The van der Waals surface area contributed by atoms with Crippen molar-refractivity contribution in [3.05, 3.63) is 59.2 Å². The number of ketones is 1. The van der Waals surface area contributed by atoms with Gasteiger partial charge in [-0.1, -0.05) is 37.8 Å². The molecule has 11 nitrogen and oxygen atoms in total. The first kappa shape index (κ1) is 41.6. The Kier molecular flexibility index (Phi) is 14.6. The Balaban J connectivity index is 0.000000174. The highest BCUT2D eigenvalue weighted by atomic mass is 16.2. The maximum absolute atomic E-state index is 12.8. The van der Waals surface area contributed by atoms with E-state index in [0.29, 0.717) is 19.0 Å². The van der Waals surface area contributed by atoms with Gasteiger partial charge in [-0.05, 0) is 87.9 Å². The molecule has 312 valence electrons. The SMILES string of the molecule is CC(=O)c1ccc(N2CCN(CC(=O)N3CCN(C4CCCC4)CC3)CC2)cc1.Cc1ccc(C)c(N2CCN(CC(=O)N3CCN(C4CCCC4)CC3)CC2)c1. The first-order chi connectivity index (χ1) is 27.7. The van der Waals surface area contributed by atoms with Crippen molar-refractivity contribution >= 4 is 29.0 Å². The zero-order valence-electron chi connectivity index (χ0n) is 35.4. The number of rotatable bonds is 9. The van der Waals surface area contributed by atoms with Crippen LogP contribution >= 0.6 is 0 Å². The van der Waals surface area contributed by atoms with E-state index < -0.39 is 0 Å². The molecule has 6 fully saturated rings. The van der Waals surface area contributed by atoms with Gasteiger partial charge in [-0.3, -0.25) is 34.0 Å². The van der Waals surface area contributed by atoms with Crippen LogP contribution in [0.25, 0.3) is 0 Å². The molecule has 2 amide bonds. The highest BCUT2D eigenvalue weighted by Crippen LogP contribution is 2.26. The van der Waals surface area contributed by atoms with Crippen LogP contribution in [0.15, 0.2) is 42.5 Å². The van der Waals surface area contributed by atoms with E-state index in [-0.39, 0.29) is 11.7 Å². The minimum absolute atomic E-state index is 0.101. The van der Waals surface area contributed by atoms with Crippen LogP contribution in [0.2, 0.25) is 0 Å². The molecule has 0 N–H and O–H groups in total. The molecule has 0 aromatic heterocycles. The molecule has 0 radical (unpaired) electrons. The van der Waals surface area contributed by atoms with Gasteiger partial charge in [-0.25, -0.2) is 0 Å². The standard InChI is InChI=1S/C23H34N4O2.C23H36N4O/c1-19(28)20-6-8-22(9-7-20)25-12-10-24(11-13-25)18-23(29)27-16-14-26(15-17-27)21-4-2-3-5-21;1-19-7-8-20(2)22(17-19)26-11-9-24(10-12-26)18-23(28)27-15-13-25(14-16-27)21-5-3-4-6-21/h6-9,21H,2-5,10-18H2,1H3;7-8,17,21H,3-6,9-16,18H2,1-2H3. The number of carbonyl (C=O) groups excluding carboxylic acids is 3. The molecule has 4 aliphatic heterocycles.